The van der Waals surface area contributed by atoms with E-state index in [0.29, 0.717) is 6.42 Å². The zero-order chi connectivity index (χ0) is 19.6. The van der Waals surface area contributed by atoms with Gasteiger partial charge in [0.05, 0.1) is 0 Å². The van der Waals surface area contributed by atoms with Gasteiger partial charge in [0, 0.05) is 31.9 Å². The third-order valence-corrected chi connectivity index (χ3v) is 5.87. The predicted octanol–water partition coefficient (Wildman–Crippen LogP) is 2.08. The van der Waals surface area contributed by atoms with Gasteiger partial charge >= 0.3 is 6.03 Å². The summed E-state index contributed by atoms with van der Waals surface area (Å²) >= 11 is 0. The second-order valence-electron chi connectivity index (χ2n) is 7.55. The number of nitrogens with one attached hydrogen (secondary N) is 2. The topological polar surface area (TPSA) is 87.2 Å². The number of hydrogen-bond donors (Lipinski definition) is 2. The molecule has 0 aliphatic carbocycles. The van der Waals surface area contributed by atoms with Gasteiger partial charge in [-0.05, 0) is 36.3 Å². The van der Waals surface area contributed by atoms with E-state index in [4.69, 9.17) is 0 Å². The Bertz CT molecular complexity index is 847. The zero-order valence-corrected chi connectivity index (χ0v) is 16.0. The standard InChI is InChI=1S/C21H25N5O2/c1-2-15-13-22-19(23-14-15)26-10-8-17(9-11-26)21(18(27)24-20(28)25-21)12-16-6-4-3-5-7-16/h3-7,13-14,17H,2,8-12H2,1H3,(H2,24,25,27,28). The lowest BCUT2D eigenvalue weighted by Gasteiger charge is -2.40. The van der Waals surface area contributed by atoms with E-state index in [-0.39, 0.29) is 11.8 Å². The molecule has 1 unspecified atom stereocenters. The molecule has 2 aliphatic rings. The minimum absolute atomic E-state index is 0.0605. The Morgan fingerprint density at radius 3 is 2.32 bits per heavy atom. The molecule has 2 fully saturated rings. The average molecular weight is 379 g/mol. The molecule has 2 N–H and O–H groups in total. The van der Waals surface area contributed by atoms with E-state index in [2.05, 4.69) is 32.4 Å². The lowest BCUT2D eigenvalue weighted by molar-refractivity contribution is -0.126. The highest BCUT2D eigenvalue weighted by molar-refractivity contribution is 6.07. The van der Waals surface area contributed by atoms with Crippen LogP contribution < -0.4 is 15.5 Å². The Labute approximate surface area is 164 Å². The summed E-state index contributed by atoms with van der Waals surface area (Å²) in [5.41, 5.74) is 1.27. The number of imide groups is 1. The van der Waals surface area contributed by atoms with Crippen LogP contribution in [0.4, 0.5) is 10.7 Å². The fourth-order valence-corrected chi connectivity index (χ4v) is 4.25. The molecule has 2 aromatic rings. The Morgan fingerprint density at radius 1 is 1.07 bits per heavy atom. The highest BCUT2D eigenvalue weighted by Gasteiger charge is 2.52. The number of piperidine rings is 1. The van der Waals surface area contributed by atoms with E-state index in [0.717, 1.165) is 49.4 Å². The fraction of sp³-hybridized carbons (Fsp3) is 0.429. The minimum Gasteiger partial charge on any atom is -0.341 e. The molecule has 0 saturated carbocycles. The number of nitrogens with zero attached hydrogens (tertiary/aromatic N) is 3. The third-order valence-electron chi connectivity index (χ3n) is 5.87. The van der Waals surface area contributed by atoms with Crippen LogP contribution in [0.5, 0.6) is 0 Å². The maximum absolute atomic E-state index is 12.8. The second kappa shape index (κ2) is 7.58. The van der Waals surface area contributed by atoms with Gasteiger partial charge in [-0.1, -0.05) is 37.3 Å². The summed E-state index contributed by atoms with van der Waals surface area (Å²) in [6, 6.07) is 9.46. The first-order valence-electron chi connectivity index (χ1n) is 9.84. The summed E-state index contributed by atoms with van der Waals surface area (Å²) in [5.74, 6) is 0.571. The van der Waals surface area contributed by atoms with Crippen molar-refractivity contribution >= 4 is 17.9 Å². The maximum atomic E-state index is 12.8. The van der Waals surface area contributed by atoms with Crippen molar-refractivity contribution in [1.82, 2.24) is 20.6 Å². The number of aromatic nitrogens is 2. The van der Waals surface area contributed by atoms with E-state index in [9.17, 15) is 9.59 Å². The molecule has 146 valence electrons. The van der Waals surface area contributed by atoms with Crippen LogP contribution in [-0.4, -0.2) is 40.5 Å². The predicted molar refractivity (Wildman–Crippen MR) is 106 cm³/mol. The maximum Gasteiger partial charge on any atom is 0.322 e. The van der Waals surface area contributed by atoms with Gasteiger partial charge in [-0.2, -0.15) is 0 Å². The molecule has 7 nitrogen and oxygen atoms in total. The Balaban J connectivity index is 1.51. The number of hydrogen-bond acceptors (Lipinski definition) is 5. The highest BCUT2D eigenvalue weighted by atomic mass is 16.2. The molecule has 1 aromatic heterocycles. The van der Waals surface area contributed by atoms with E-state index in [1.165, 1.54) is 0 Å². The first-order valence-corrected chi connectivity index (χ1v) is 9.84. The molecular formula is C21H25N5O2. The Hall–Kier alpha value is -2.96. The van der Waals surface area contributed by atoms with Gasteiger partial charge in [-0.25, -0.2) is 14.8 Å². The molecule has 7 heteroatoms. The van der Waals surface area contributed by atoms with Gasteiger partial charge in [-0.3, -0.25) is 10.1 Å². The van der Waals surface area contributed by atoms with Gasteiger partial charge in [0.15, 0.2) is 0 Å². The summed E-state index contributed by atoms with van der Waals surface area (Å²) in [5, 5.41) is 5.41. The molecule has 2 aliphatic heterocycles. The molecular weight excluding hydrogens is 354 g/mol. The number of carbonyl (C=O) groups excluding carboxylic acids is 2. The third kappa shape index (κ3) is 3.44. The van der Waals surface area contributed by atoms with Gasteiger partial charge in [0.25, 0.3) is 5.91 Å². The number of urea groups is 1. The van der Waals surface area contributed by atoms with Crippen LogP contribution in [0, 0.1) is 5.92 Å². The van der Waals surface area contributed by atoms with Gasteiger partial charge in [-0.15, -0.1) is 0 Å². The minimum atomic E-state index is -0.891. The van der Waals surface area contributed by atoms with Crippen LogP contribution in [0.3, 0.4) is 0 Å². The molecule has 1 atom stereocenters. The summed E-state index contributed by atoms with van der Waals surface area (Å²) < 4.78 is 0. The lowest BCUT2D eigenvalue weighted by Crippen LogP contribution is -2.57. The average Bonchev–Trinajstić information content (AvgIpc) is 3.02. The van der Waals surface area contributed by atoms with Crippen molar-refractivity contribution in [3.63, 3.8) is 0 Å². The van der Waals surface area contributed by atoms with Crippen molar-refractivity contribution in [3.05, 3.63) is 53.9 Å². The lowest BCUT2D eigenvalue weighted by atomic mass is 9.74. The summed E-state index contributed by atoms with van der Waals surface area (Å²) in [6.07, 6.45) is 6.74. The van der Waals surface area contributed by atoms with Crippen molar-refractivity contribution in [1.29, 1.82) is 0 Å². The van der Waals surface area contributed by atoms with Crippen molar-refractivity contribution < 1.29 is 9.59 Å². The van der Waals surface area contributed by atoms with Crippen molar-refractivity contribution in [2.24, 2.45) is 5.92 Å². The smallest absolute Gasteiger partial charge is 0.322 e. The van der Waals surface area contributed by atoms with Crippen LogP contribution in [-0.2, 0) is 17.6 Å². The zero-order valence-electron chi connectivity index (χ0n) is 16.0. The SMILES string of the molecule is CCc1cnc(N2CCC(C3(Cc4ccccc4)NC(=O)NC3=O)CC2)nc1. The van der Waals surface area contributed by atoms with Gasteiger partial charge in [0.1, 0.15) is 5.54 Å². The largest absolute Gasteiger partial charge is 0.341 e. The quantitative estimate of drug-likeness (QED) is 0.777. The number of rotatable bonds is 5. The van der Waals surface area contributed by atoms with Crippen LogP contribution in [0.15, 0.2) is 42.7 Å². The molecule has 3 amide bonds. The van der Waals surface area contributed by atoms with Gasteiger partial charge < -0.3 is 10.2 Å². The molecule has 2 saturated heterocycles. The Kier molecular flexibility index (Phi) is 4.98. The number of carbonyl (C=O) groups is 2. The second-order valence-corrected chi connectivity index (χ2v) is 7.55. The number of anilines is 1. The van der Waals surface area contributed by atoms with E-state index >= 15 is 0 Å². The number of aryl methyl sites for hydroxylation is 1. The summed E-state index contributed by atoms with van der Waals surface area (Å²) in [4.78, 5) is 35.9. The molecule has 28 heavy (non-hydrogen) atoms. The van der Waals surface area contributed by atoms with E-state index < -0.39 is 11.6 Å². The van der Waals surface area contributed by atoms with Crippen molar-refractivity contribution in [3.8, 4) is 0 Å². The normalized spacial score (nSPS) is 22.8. The molecule has 4 rings (SSSR count). The monoisotopic (exact) mass is 379 g/mol. The molecule has 0 spiro atoms. The first kappa shape index (κ1) is 18.4. The fourth-order valence-electron chi connectivity index (χ4n) is 4.25. The van der Waals surface area contributed by atoms with E-state index in [1.807, 2.05) is 42.7 Å². The summed E-state index contributed by atoms with van der Waals surface area (Å²) in [7, 11) is 0. The van der Waals surface area contributed by atoms with Crippen molar-refractivity contribution in [2.75, 3.05) is 18.0 Å². The Morgan fingerprint density at radius 2 is 1.75 bits per heavy atom. The van der Waals surface area contributed by atoms with Crippen molar-refractivity contribution in [2.45, 2.75) is 38.1 Å². The molecule has 3 heterocycles. The van der Waals surface area contributed by atoms with Crippen LogP contribution in [0.25, 0.3) is 0 Å². The molecule has 0 bridgehead atoms. The number of benzene rings is 1. The van der Waals surface area contributed by atoms with Gasteiger partial charge in [0.2, 0.25) is 5.95 Å². The molecule has 1 aromatic carbocycles. The highest BCUT2D eigenvalue weighted by Crippen LogP contribution is 2.34. The number of amides is 3. The van der Waals surface area contributed by atoms with E-state index in [1.54, 1.807) is 0 Å². The summed E-state index contributed by atoms with van der Waals surface area (Å²) in [6.45, 7) is 3.60. The molecule has 0 radical (unpaired) electrons. The van der Waals surface area contributed by atoms with Crippen LogP contribution in [0.1, 0.15) is 30.9 Å². The first-order chi connectivity index (χ1) is 13.6. The van der Waals surface area contributed by atoms with Crippen LogP contribution in [0.2, 0.25) is 0 Å². The van der Waals surface area contributed by atoms with Crippen LogP contribution >= 0.6 is 0 Å².